The topological polar surface area (TPSA) is 78.9 Å². The third-order valence-electron chi connectivity index (χ3n) is 7.84. The van der Waals surface area contributed by atoms with Gasteiger partial charge in [0.2, 0.25) is 0 Å². The van der Waals surface area contributed by atoms with Gasteiger partial charge < -0.3 is 15.2 Å². The van der Waals surface area contributed by atoms with Crippen molar-refractivity contribution in [2.24, 2.45) is 0 Å². The van der Waals surface area contributed by atoms with Gasteiger partial charge in [-0.15, -0.1) is 0 Å². The second-order valence-corrected chi connectivity index (χ2v) is 12.5. The molecule has 2 N–H and O–H groups in total. The number of carbonyl (C=O) groups excluding carboxylic acids is 2. The Morgan fingerprint density at radius 3 is 2.63 bits per heavy atom. The maximum Gasteiger partial charge on any atom is 0.302 e. The number of nitrogens with one attached hydrogen (secondary N) is 1. The van der Waals surface area contributed by atoms with E-state index >= 15 is 0 Å². The fourth-order valence-corrected chi connectivity index (χ4v) is 6.49. The summed E-state index contributed by atoms with van der Waals surface area (Å²) in [6.45, 7) is 3.99. The molecule has 1 heterocycles. The molecule has 1 aliphatic carbocycles. The first-order chi connectivity index (χ1) is 20.9. The number of anilines is 1. The summed E-state index contributed by atoms with van der Waals surface area (Å²) in [5.41, 5.74) is 6.33. The van der Waals surface area contributed by atoms with Crippen LogP contribution < -0.4 is 10.1 Å². The lowest BCUT2D eigenvalue weighted by Crippen LogP contribution is -2.26. The lowest BCUT2D eigenvalue weighted by atomic mass is 9.87. The van der Waals surface area contributed by atoms with Crippen LogP contribution in [0, 0.1) is 0 Å². The molecule has 0 saturated carbocycles. The molecule has 3 aromatic carbocycles. The van der Waals surface area contributed by atoms with Crippen LogP contribution in [0.3, 0.4) is 0 Å². The number of phenols is 1. The van der Waals surface area contributed by atoms with Crippen molar-refractivity contribution >= 4 is 51.2 Å². The van der Waals surface area contributed by atoms with Crippen molar-refractivity contribution in [3.05, 3.63) is 87.9 Å². The number of phenolic OH excluding ortho intramolecular Hbond substituents is 1. The van der Waals surface area contributed by atoms with Crippen LogP contribution in [0.1, 0.15) is 54.9 Å². The van der Waals surface area contributed by atoms with Crippen LogP contribution in [-0.4, -0.2) is 59.2 Å². The lowest BCUT2D eigenvalue weighted by molar-refractivity contribution is -0.129. The van der Waals surface area contributed by atoms with Crippen LogP contribution in [0.5, 0.6) is 11.5 Å². The van der Waals surface area contributed by atoms with E-state index in [1.807, 2.05) is 55.5 Å². The van der Waals surface area contributed by atoms with Crippen molar-refractivity contribution in [1.82, 2.24) is 4.90 Å². The second kappa shape index (κ2) is 14.4. The van der Waals surface area contributed by atoms with Gasteiger partial charge in [-0.2, -0.15) is 0 Å². The first kappa shape index (κ1) is 31.1. The Bertz CT molecular complexity index is 1510. The molecule has 1 saturated heterocycles. The van der Waals surface area contributed by atoms with E-state index in [9.17, 15) is 19.1 Å². The minimum absolute atomic E-state index is 0.0705. The van der Waals surface area contributed by atoms with Gasteiger partial charge in [-0.25, -0.2) is 0 Å². The molecule has 1 unspecified atom stereocenters. The van der Waals surface area contributed by atoms with Gasteiger partial charge in [-0.05, 0) is 108 Å². The lowest BCUT2D eigenvalue weighted by Gasteiger charge is -2.19. The first-order valence-electron chi connectivity index (χ1n) is 14.7. The van der Waals surface area contributed by atoms with Gasteiger partial charge in [0.1, 0.15) is 17.6 Å². The van der Waals surface area contributed by atoms with E-state index in [0.717, 1.165) is 96.2 Å². The largest absolute Gasteiger partial charge is 0.507 e. The Morgan fingerprint density at radius 1 is 1.09 bits per heavy atom. The number of nitrogens with zero attached hydrogens (tertiary/aromatic N) is 1. The molecule has 1 amide bonds. The molecular weight excluding hydrogens is 587 g/mol. The molecule has 1 fully saturated rings. The van der Waals surface area contributed by atoms with E-state index in [1.54, 1.807) is 12.1 Å². The van der Waals surface area contributed by atoms with Crippen molar-refractivity contribution in [2.45, 2.75) is 45.1 Å². The van der Waals surface area contributed by atoms with Gasteiger partial charge in [-0.1, -0.05) is 48.5 Å². The van der Waals surface area contributed by atoms with E-state index in [4.69, 9.17) is 16.3 Å². The number of halogens is 2. The van der Waals surface area contributed by atoms with Crippen LogP contribution in [-0.2, 0) is 16.0 Å². The molecule has 0 spiro atoms. The number of rotatable bonds is 9. The number of fused-ring (bicyclic) bond motifs is 1. The van der Waals surface area contributed by atoms with Gasteiger partial charge >= 0.3 is 5.91 Å². The molecule has 9 heteroatoms. The normalized spacial score (nSPS) is 17.0. The summed E-state index contributed by atoms with van der Waals surface area (Å²) >= 11 is 7.16. The predicted molar refractivity (Wildman–Crippen MR) is 173 cm³/mol. The number of benzene rings is 3. The Hall–Kier alpha value is -3.33. The zero-order valence-electron chi connectivity index (χ0n) is 24.2. The zero-order chi connectivity index (χ0) is 30.3. The van der Waals surface area contributed by atoms with Crippen molar-refractivity contribution in [3.8, 4) is 11.5 Å². The summed E-state index contributed by atoms with van der Waals surface area (Å²) in [6.07, 6.45) is 3.85. The fourth-order valence-electron chi connectivity index (χ4n) is 5.88. The molecule has 43 heavy (non-hydrogen) atoms. The smallest absolute Gasteiger partial charge is 0.302 e. The van der Waals surface area contributed by atoms with E-state index in [0.29, 0.717) is 22.9 Å². The van der Waals surface area contributed by atoms with Crippen LogP contribution >= 0.6 is 23.4 Å². The molecule has 2 aliphatic rings. The molecule has 0 radical (unpaired) electrons. The first-order valence-corrected chi connectivity index (χ1v) is 16.1. The summed E-state index contributed by atoms with van der Waals surface area (Å²) < 4.78 is 18.9. The van der Waals surface area contributed by atoms with Gasteiger partial charge in [0.15, 0.2) is 0 Å². The number of thioether (sulfide) groups is 1. The van der Waals surface area contributed by atoms with Gasteiger partial charge in [0, 0.05) is 35.9 Å². The zero-order valence-corrected chi connectivity index (χ0v) is 25.8. The highest BCUT2D eigenvalue weighted by Gasteiger charge is 2.25. The third-order valence-corrected chi connectivity index (χ3v) is 8.81. The number of aryl methyl sites for hydroxylation is 1. The molecule has 1 aliphatic heterocycles. The van der Waals surface area contributed by atoms with Crippen molar-refractivity contribution < 1.29 is 23.8 Å². The molecule has 0 aromatic heterocycles. The molecular formula is C34H36ClFN2O4S. The van der Waals surface area contributed by atoms with Crippen LogP contribution in [0.4, 0.5) is 10.1 Å². The molecule has 3 aromatic rings. The van der Waals surface area contributed by atoms with E-state index < -0.39 is 11.0 Å². The summed E-state index contributed by atoms with van der Waals surface area (Å²) in [6, 6.07) is 19.0. The SMILES string of the molecule is CCSC(=O)C(=O)Nc1ccc2c(c1)CCCC(c1ccc(Cl)cc1O)=C2c1ccc(OC2CCN(CCCF)C2)cc1. The number of amides is 1. The van der Waals surface area contributed by atoms with Crippen LogP contribution in [0.25, 0.3) is 11.1 Å². The van der Waals surface area contributed by atoms with Gasteiger partial charge in [0.25, 0.3) is 5.12 Å². The van der Waals surface area contributed by atoms with Crippen molar-refractivity contribution in [1.29, 1.82) is 0 Å². The average Bonchev–Trinajstić information content (AvgIpc) is 3.35. The summed E-state index contributed by atoms with van der Waals surface area (Å²) in [5.74, 6) is 0.803. The highest BCUT2D eigenvalue weighted by molar-refractivity contribution is 8.15. The minimum Gasteiger partial charge on any atom is -0.507 e. The summed E-state index contributed by atoms with van der Waals surface area (Å²) in [4.78, 5) is 26.7. The van der Waals surface area contributed by atoms with Crippen LogP contribution in [0.2, 0.25) is 5.02 Å². The van der Waals surface area contributed by atoms with Crippen molar-refractivity contribution in [3.63, 3.8) is 0 Å². The summed E-state index contributed by atoms with van der Waals surface area (Å²) in [7, 11) is 0. The Kier molecular flexibility index (Phi) is 10.4. The monoisotopic (exact) mass is 622 g/mol. The Labute approximate surface area is 261 Å². The molecule has 6 nitrogen and oxygen atoms in total. The molecule has 1 atom stereocenters. The number of alkyl halides is 1. The van der Waals surface area contributed by atoms with Crippen LogP contribution in [0.15, 0.2) is 60.7 Å². The third kappa shape index (κ3) is 7.61. The second-order valence-electron chi connectivity index (χ2n) is 10.8. The Balaban J connectivity index is 1.48. The standard InChI is InChI=1S/C34H36ClFN2O4S/c1-2-43-34(41)33(40)37-25-10-14-28-23(19-25)5-3-6-30(29-13-9-24(35)20-31(29)39)32(28)22-7-11-26(12-8-22)42-27-15-18-38(21-27)17-4-16-36/h7-14,19-20,27,39H,2-6,15-18,21H2,1H3,(H,37,40). The van der Waals surface area contributed by atoms with Gasteiger partial charge in [-0.3, -0.25) is 18.9 Å². The Morgan fingerprint density at radius 2 is 1.88 bits per heavy atom. The van der Waals surface area contributed by atoms with Crippen molar-refractivity contribution in [2.75, 3.05) is 37.4 Å². The number of carbonyl (C=O) groups is 2. The molecule has 0 bridgehead atoms. The number of ether oxygens (including phenoxy) is 1. The number of allylic oxidation sites excluding steroid dienone is 1. The highest BCUT2D eigenvalue weighted by atomic mass is 35.5. The molecule has 5 rings (SSSR count). The predicted octanol–water partition coefficient (Wildman–Crippen LogP) is 7.37. The highest BCUT2D eigenvalue weighted by Crippen LogP contribution is 2.43. The summed E-state index contributed by atoms with van der Waals surface area (Å²) in [5, 5.41) is 13.6. The van der Waals surface area contributed by atoms with E-state index in [2.05, 4.69) is 10.2 Å². The number of aromatic hydroxyl groups is 1. The maximum absolute atomic E-state index is 12.6. The van der Waals surface area contributed by atoms with Gasteiger partial charge in [0.05, 0.1) is 6.67 Å². The number of likely N-dealkylation sites (tertiary alicyclic amines) is 1. The average molecular weight is 623 g/mol. The fraction of sp³-hybridized carbons (Fsp3) is 0.353. The quantitative estimate of drug-likeness (QED) is 0.243. The van der Waals surface area contributed by atoms with E-state index in [-0.39, 0.29) is 18.5 Å². The number of hydrogen-bond acceptors (Lipinski definition) is 6. The maximum atomic E-state index is 12.6. The van der Waals surface area contributed by atoms with E-state index in [1.165, 1.54) is 0 Å². The molecule has 226 valence electrons. The minimum atomic E-state index is -0.633. The number of hydrogen-bond donors (Lipinski definition) is 2.